The van der Waals surface area contributed by atoms with E-state index >= 15 is 0 Å². The second-order valence-electron chi connectivity index (χ2n) is 4.59. The molecule has 1 nitrogen and oxygen atoms in total. The number of benzene rings is 3. The molecule has 0 aliphatic heterocycles. The molecule has 98 valence electrons. The van der Waals surface area contributed by atoms with Crippen LogP contribution in [0.4, 0.5) is 0 Å². The van der Waals surface area contributed by atoms with Gasteiger partial charge in [0, 0.05) is 0 Å². The summed E-state index contributed by atoms with van der Waals surface area (Å²) in [5.41, 5.74) is 0.821. The van der Waals surface area contributed by atoms with Crippen LogP contribution in [0.15, 0.2) is 72.8 Å². The summed E-state index contributed by atoms with van der Waals surface area (Å²) >= 11 is 0.212. The van der Waals surface area contributed by atoms with Gasteiger partial charge in [-0.15, -0.1) is 0 Å². The molecule has 0 radical (unpaired) electrons. The fraction of sp³-hybridized carbons (Fsp3) is 0.0556. The molecular formula is C18H14OSe. The Morgan fingerprint density at radius 3 is 2.30 bits per heavy atom. The number of fused-ring (bicyclic) bond motifs is 1. The van der Waals surface area contributed by atoms with E-state index in [1.807, 2.05) is 48.5 Å². The molecule has 0 amide bonds. The summed E-state index contributed by atoms with van der Waals surface area (Å²) in [5, 5.41) is 2.93. The summed E-state index contributed by atoms with van der Waals surface area (Å²) in [5.74, 6) is 0.236. The third kappa shape index (κ3) is 2.98. The average Bonchev–Trinajstić information content (AvgIpc) is 2.53. The molecule has 0 N–H and O–H groups in total. The van der Waals surface area contributed by atoms with Gasteiger partial charge in [0.1, 0.15) is 0 Å². The van der Waals surface area contributed by atoms with Crippen molar-refractivity contribution in [1.82, 2.24) is 0 Å². The van der Waals surface area contributed by atoms with Crippen LogP contribution in [0.5, 0.6) is 0 Å². The van der Waals surface area contributed by atoms with Crippen molar-refractivity contribution < 1.29 is 4.79 Å². The summed E-state index contributed by atoms with van der Waals surface area (Å²) in [6.07, 6.45) is 0. The molecule has 0 atom stereocenters. The minimum absolute atomic E-state index is 0.212. The molecule has 0 bridgehead atoms. The fourth-order valence-corrected chi connectivity index (χ4v) is 3.82. The van der Waals surface area contributed by atoms with E-state index in [0.717, 1.165) is 10.9 Å². The minimum atomic E-state index is 0.212. The van der Waals surface area contributed by atoms with Gasteiger partial charge in [0.2, 0.25) is 0 Å². The molecule has 0 aliphatic rings. The molecule has 0 heterocycles. The Morgan fingerprint density at radius 2 is 1.50 bits per heavy atom. The molecule has 0 saturated carbocycles. The van der Waals surface area contributed by atoms with Crippen molar-refractivity contribution in [3.8, 4) is 0 Å². The predicted octanol–water partition coefficient (Wildman–Crippen LogP) is 3.47. The van der Waals surface area contributed by atoms with E-state index < -0.39 is 0 Å². The van der Waals surface area contributed by atoms with Gasteiger partial charge in [-0.05, 0) is 0 Å². The predicted molar refractivity (Wildman–Crippen MR) is 84.9 cm³/mol. The van der Waals surface area contributed by atoms with Crippen LogP contribution >= 0.6 is 0 Å². The van der Waals surface area contributed by atoms with E-state index in [2.05, 4.69) is 24.3 Å². The Hall–Kier alpha value is -1.89. The zero-order chi connectivity index (χ0) is 13.8. The maximum atomic E-state index is 12.3. The topological polar surface area (TPSA) is 17.1 Å². The molecule has 0 aliphatic carbocycles. The van der Waals surface area contributed by atoms with E-state index in [4.69, 9.17) is 0 Å². The van der Waals surface area contributed by atoms with Crippen LogP contribution in [0, 0.1) is 0 Å². The van der Waals surface area contributed by atoms with Gasteiger partial charge in [-0.3, -0.25) is 0 Å². The fourth-order valence-electron chi connectivity index (χ4n) is 2.11. The van der Waals surface area contributed by atoms with Crippen molar-refractivity contribution in [2.24, 2.45) is 0 Å². The second-order valence-corrected chi connectivity index (χ2v) is 6.79. The molecule has 2 heteroatoms. The van der Waals surface area contributed by atoms with Gasteiger partial charge in [0.15, 0.2) is 0 Å². The Kier molecular flexibility index (Phi) is 3.96. The van der Waals surface area contributed by atoms with E-state index in [0.29, 0.717) is 5.32 Å². The van der Waals surface area contributed by atoms with Crippen LogP contribution < -0.4 is 4.46 Å². The van der Waals surface area contributed by atoms with Crippen molar-refractivity contribution >= 4 is 36.0 Å². The van der Waals surface area contributed by atoms with Gasteiger partial charge in [-0.25, -0.2) is 0 Å². The summed E-state index contributed by atoms with van der Waals surface area (Å²) in [6, 6.07) is 24.3. The monoisotopic (exact) mass is 326 g/mol. The van der Waals surface area contributed by atoms with E-state index in [-0.39, 0.29) is 20.7 Å². The van der Waals surface area contributed by atoms with Crippen LogP contribution in [0.3, 0.4) is 0 Å². The first kappa shape index (κ1) is 13.1. The molecule has 0 aromatic heterocycles. The summed E-state index contributed by atoms with van der Waals surface area (Å²) in [7, 11) is 0. The van der Waals surface area contributed by atoms with E-state index in [1.165, 1.54) is 9.85 Å². The third-order valence-corrected chi connectivity index (χ3v) is 5.31. The maximum absolute atomic E-state index is 12.3. The van der Waals surface area contributed by atoms with Crippen LogP contribution in [0.25, 0.3) is 10.8 Å². The normalized spacial score (nSPS) is 10.6. The van der Waals surface area contributed by atoms with Gasteiger partial charge >= 0.3 is 124 Å². The molecule has 0 saturated heterocycles. The molecule has 0 unspecified atom stereocenters. The van der Waals surface area contributed by atoms with Crippen LogP contribution in [0.2, 0.25) is 5.32 Å². The number of hydrogen-bond acceptors (Lipinski definition) is 1. The molecule has 0 spiro atoms. The van der Waals surface area contributed by atoms with Crippen molar-refractivity contribution in [3.63, 3.8) is 0 Å². The van der Waals surface area contributed by atoms with Crippen molar-refractivity contribution in [3.05, 3.63) is 78.4 Å². The Morgan fingerprint density at radius 1 is 0.800 bits per heavy atom. The van der Waals surface area contributed by atoms with E-state index in [1.54, 1.807) is 0 Å². The first-order valence-corrected chi connectivity index (χ1v) is 8.59. The number of carbonyl (C=O) groups excluding carboxylic acids is 1. The first-order valence-electron chi connectivity index (χ1n) is 6.53. The molecule has 0 fully saturated rings. The van der Waals surface area contributed by atoms with Gasteiger partial charge < -0.3 is 0 Å². The van der Waals surface area contributed by atoms with Gasteiger partial charge in [-0.1, -0.05) is 0 Å². The zero-order valence-electron chi connectivity index (χ0n) is 11.0. The summed E-state index contributed by atoms with van der Waals surface area (Å²) in [4.78, 5) is 12.3. The average molecular weight is 325 g/mol. The van der Waals surface area contributed by atoms with E-state index in [9.17, 15) is 4.79 Å². The summed E-state index contributed by atoms with van der Waals surface area (Å²) in [6.45, 7) is 0. The van der Waals surface area contributed by atoms with Gasteiger partial charge in [0.05, 0.1) is 0 Å². The van der Waals surface area contributed by atoms with Crippen molar-refractivity contribution in [2.75, 3.05) is 0 Å². The van der Waals surface area contributed by atoms with Gasteiger partial charge in [-0.2, -0.15) is 0 Å². The first-order chi connectivity index (χ1) is 9.83. The molecule has 3 aromatic rings. The molecule has 3 rings (SSSR count). The van der Waals surface area contributed by atoms with Gasteiger partial charge in [0.25, 0.3) is 0 Å². The van der Waals surface area contributed by atoms with Crippen LogP contribution in [0.1, 0.15) is 10.4 Å². The van der Waals surface area contributed by atoms with Crippen LogP contribution in [-0.4, -0.2) is 20.7 Å². The Bertz CT molecular complexity index is 735. The van der Waals surface area contributed by atoms with Crippen LogP contribution in [-0.2, 0) is 0 Å². The molecular weight excluding hydrogens is 311 g/mol. The second kappa shape index (κ2) is 6.04. The standard InChI is InChI=1S/C18H14OSe/c19-18(13-20-17-8-2-1-3-9-17)16-11-10-14-6-4-5-7-15(14)12-16/h1-12H,13H2. The quantitative estimate of drug-likeness (QED) is 0.530. The number of ketones is 1. The van der Waals surface area contributed by atoms with Crippen molar-refractivity contribution in [1.29, 1.82) is 0 Å². The number of hydrogen-bond donors (Lipinski definition) is 0. The number of Topliss-reactive ketones (excluding diaryl/α,β-unsaturated/α-hetero) is 1. The summed E-state index contributed by atoms with van der Waals surface area (Å²) < 4.78 is 1.27. The number of carbonyl (C=O) groups is 1. The zero-order valence-corrected chi connectivity index (χ0v) is 12.7. The molecule has 3 aromatic carbocycles. The molecule has 20 heavy (non-hydrogen) atoms. The Labute approximate surface area is 124 Å². The van der Waals surface area contributed by atoms with Crippen molar-refractivity contribution in [2.45, 2.75) is 5.32 Å². The third-order valence-electron chi connectivity index (χ3n) is 3.18. The Balaban J connectivity index is 1.75. The SMILES string of the molecule is O=C(C[Se]c1ccccc1)c1ccc2ccccc2c1. The number of rotatable bonds is 4.